The number of amides is 2. The van der Waals surface area contributed by atoms with Crippen LogP contribution in [0.3, 0.4) is 0 Å². The van der Waals surface area contributed by atoms with Gasteiger partial charge in [0.2, 0.25) is 5.91 Å². The second-order valence-electron chi connectivity index (χ2n) is 5.48. The predicted molar refractivity (Wildman–Crippen MR) is 109 cm³/mol. The van der Waals surface area contributed by atoms with Crippen molar-refractivity contribution in [3.05, 3.63) is 78.9 Å². The van der Waals surface area contributed by atoms with Gasteiger partial charge in [0, 0.05) is 5.57 Å². The van der Waals surface area contributed by atoms with Gasteiger partial charge in [-0.3, -0.25) is 14.9 Å². The fraction of sp³-hybridized carbons (Fsp3) is 0.227. The van der Waals surface area contributed by atoms with Crippen LogP contribution in [0.15, 0.2) is 73.4 Å². The van der Waals surface area contributed by atoms with E-state index in [4.69, 9.17) is 4.74 Å². The van der Waals surface area contributed by atoms with Crippen molar-refractivity contribution in [2.45, 2.75) is 26.7 Å². The molecule has 0 aromatic heterocycles. The first-order valence-corrected chi connectivity index (χ1v) is 8.55. The van der Waals surface area contributed by atoms with E-state index in [-0.39, 0.29) is 11.1 Å². The first-order valence-electron chi connectivity index (χ1n) is 8.55. The Hall–Kier alpha value is -3.21. The monoisotopic (exact) mass is 369 g/mol. The van der Waals surface area contributed by atoms with Crippen molar-refractivity contribution in [3.8, 4) is 0 Å². The summed E-state index contributed by atoms with van der Waals surface area (Å²) >= 11 is 0. The van der Waals surface area contributed by atoms with Gasteiger partial charge in [0.1, 0.15) is 0 Å². The second kappa shape index (κ2) is 14.0. The van der Waals surface area contributed by atoms with Crippen molar-refractivity contribution in [1.82, 2.24) is 5.32 Å². The lowest BCUT2D eigenvalue weighted by Crippen LogP contribution is -2.29. The van der Waals surface area contributed by atoms with Crippen molar-refractivity contribution < 1.29 is 19.1 Å². The molecule has 0 atom stereocenters. The van der Waals surface area contributed by atoms with Crippen LogP contribution in [0, 0.1) is 0 Å². The summed E-state index contributed by atoms with van der Waals surface area (Å²) in [4.78, 5) is 33.9. The Morgan fingerprint density at radius 3 is 2.26 bits per heavy atom. The smallest absolute Gasteiger partial charge is 0.337 e. The summed E-state index contributed by atoms with van der Waals surface area (Å²) in [5, 5.41) is 2.07. The number of carbonyl (C=O) groups excluding carboxylic acids is 3. The summed E-state index contributed by atoms with van der Waals surface area (Å²) in [5.74, 6) is -1.78. The van der Waals surface area contributed by atoms with Crippen molar-refractivity contribution in [3.63, 3.8) is 0 Å². The van der Waals surface area contributed by atoms with Crippen LogP contribution in [0.5, 0.6) is 0 Å². The van der Waals surface area contributed by atoms with Gasteiger partial charge >= 0.3 is 5.97 Å². The highest BCUT2D eigenvalue weighted by molar-refractivity contribution is 6.08. The van der Waals surface area contributed by atoms with Gasteiger partial charge in [-0.1, -0.05) is 69.5 Å². The molecule has 0 aliphatic rings. The maximum Gasteiger partial charge on any atom is 0.337 e. The number of rotatable bonds is 8. The molecule has 0 aliphatic carbocycles. The highest BCUT2D eigenvalue weighted by atomic mass is 16.5. The quantitative estimate of drug-likeness (QED) is 0.325. The van der Waals surface area contributed by atoms with Crippen LogP contribution in [-0.2, 0) is 19.1 Å². The lowest BCUT2D eigenvalue weighted by Gasteiger charge is -2.05. The minimum absolute atomic E-state index is 0.0646. The average Bonchev–Trinajstić information content (AvgIpc) is 2.68. The molecule has 1 aromatic rings. The highest BCUT2D eigenvalue weighted by Gasteiger charge is 2.11. The molecule has 144 valence electrons. The Morgan fingerprint density at radius 2 is 1.78 bits per heavy atom. The van der Waals surface area contributed by atoms with Crippen LogP contribution in [0.1, 0.15) is 32.3 Å². The Labute approximate surface area is 161 Å². The summed E-state index contributed by atoms with van der Waals surface area (Å²) in [6.45, 7) is 14.1. The molecule has 0 unspecified atom stereocenters. The molecule has 1 N–H and O–H groups in total. The predicted octanol–water partition coefficient (Wildman–Crippen LogP) is 3.99. The number of nitrogens with one attached hydrogen (secondary N) is 1. The highest BCUT2D eigenvalue weighted by Crippen LogP contribution is 2.04. The van der Waals surface area contributed by atoms with Crippen LogP contribution < -0.4 is 5.32 Å². The van der Waals surface area contributed by atoms with Crippen LogP contribution >= 0.6 is 0 Å². The van der Waals surface area contributed by atoms with Gasteiger partial charge in [-0.15, -0.1) is 0 Å². The summed E-state index contributed by atoms with van der Waals surface area (Å²) in [7, 11) is 0. The standard InChI is InChI=1S/C14H19NO4.C8H8/c1-5-7-8-19-14(18)11(4)9-10(3)13(17)15-12(16)6-2;1-2-8-6-4-3-5-7-8/h6,9H,2,4-5,7-8H2,1,3H3,(H,15,16,17);2-7H,1H2. The average molecular weight is 369 g/mol. The largest absolute Gasteiger partial charge is 0.462 e. The minimum Gasteiger partial charge on any atom is -0.462 e. The van der Waals surface area contributed by atoms with E-state index in [2.05, 4.69) is 25.1 Å². The fourth-order valence-electron chi connectivity index (χ4n) is 1.64. The van der Waals surface area contributed by atoms with Crippen LogP contribution in [0.2, 0.25) is 0 Å². The van der Waals surface area contributed by atoms with Gasteiger partial charge in [0.15, 0.2) is 0 Å². The molecule has 1 rings (SSSR count). The van der Waals surface area contributed by atoms with E-state index in [0.717, 1.165) is 18.9 Å². The summed E-state index contributed by atoms with van der Waals surface area (Å²) in [5.41, 5.74) is 1.43. The van der Waals surface area contributed by atoms with E-state index in [9.17, 15) is 14.4 Å². The van der Waals surface area contributed by atoms with Gasteiger partial charge < -0.3 is 4.74 Å². The second-order valence-corrected chi connectivity index (χ2v) is 5.48. The number of ether oxygens (including phenoxy) is 1. The van der Waals surface area contributed by atoms with Gasteiger partial charge in [0.25, 0.3) is 5.91 Å². The molecule has 0 bridgehead atoms. The SMILES string of the molecule is C=CC(=O)NC(=O)C(C)=CC(=C)C(=O)OCCCC.C=Cc1ccccc1. The summed E-state index contributed by atoms with van der Waals surface area (Å²) in [6.07, 6.45) is 5.79. The number of carbonyl (C=O) groups is 3. The van der Waals surface area contributed by atoms with Gasteiger partial charge in [-0.25, -0.2) is 4.79 Å². The molecule has 5 heteroatoms. The van der Waals surface area contributed by atoms with Crippen LogP contribution in [0.4, 0.5) is 0 Å². The molecule has 0 radical (unpaired) electrons. The lowest BCUT2D eigenvalue weighted by molar-refractivity contribution is -0.138. The maximum absolute atomic E-state index is 11.5. The zero-order chi connectivity index (χ0) is 20.7. The zero-order valence-corrected chi connectivity index (χ0v) is 16.0. The molecule has 27 heavy (non-hydrogen) atoms. The van der Waals surface area contributed by atoms with E-state index < -0.39 is 17.8 Å². The Kier molecular flexibility index (Phi) is 12.3. The van der Waals surface area contributed by atoms with Crippen molar-refractivity contribution in [2.75, 3.05) is 6.61 Å². The number of imide groups is 1. The van der Waals surface area contributed by atoms with E-state index >= 15 is 0 Å². The molecular weight excluding hydrogens is 342 g/mol. The molecule has 0 saturated heterocycles. The molecule has 2 amide bonds. The molecule has 0 fully saturated rings. The molecule has 0 saturated carbocycles. The number of esters is 1. The molecule has 5 nitrogen and oxygen atoms in total. The van der Waals surface area contributed by atoms with Crippen molar-refractivity contribution in [1.29, 1.82) is 0 Å². The number of unbranched alkanes of at least 4 members (excludes halogenated alkanes) is 1. The Bertz CT molecular complexity index is 702. The number of hydrogen-bond donors (Lipinski definition) is 1. The van der Waals surface area contributed by atoms with E-state index in [1.54, 1.807) is 0 Å². The van der Waals surface area contributed by atoms with Crippen LogP contribution in [-0.4, -0.2) is 24.4 Å². The third-order valence-corrected chi connectivity index (χ3v) is 3.20. The fourth-order valence-corrected chi connectivity index (χ4v) is 1.64. The summed E-state index contributed by atoms with van der Waals surface area (Å²) < 4.78 is 4.93. The minimum atomic E-state index is -0.604. The molecule has 0 spiro atoms. The first kappa shape index (κ1) is 23.8. The molecular formula is C22H27NO4. The Morgan fingerprint density at radius 1 is 1.15 bits per heavy atom. The van der Waals surface area contributed by atoms with Crippen LogP contribution in [0.25, 0.3) is 6.08 Å². The third kappa shape index (κ3) is 11.1. The topological polar surface area (TPSA) is 72.5 Å². The third-order valence-electron chi connectivity index (χ3n) is 3.20. The maximum atomic E-state index is 11.5. The molecule has 0 heterocycles. The first-order chi connectivity index (χ1) is 12.8. The van der Waals surface area contributed by atoms with Crippen molar-refractivity contribution in [2.24, 2.45) is 0 Å². The number of benzene rings is 1. The molecule has 0 aliphatic heterocycles. The lowest BCUT2D eigenvalue weighted by atomic mass is 10.2. The normalized spacial score (nSPS) is 9.93. The van der Waals surface area contributed by atoms with E-state index in [1.807, 2.05) is 43.3 Å². The van der Waals surface area contributed by atoms with E-state index in [1.165, 1.54) is 18.6 Å². The van der Waals surface area contributed by atoms with E-state index in [0.29, 0.717) is 6.61 Å². The molecule has 1 aromatic carbocycles. The van der Waals surface area contributed by atoms with Gasteiger partial charge in [-0.05, 0) is 31.1 Å². The summed E-state index contributed by atoms with van der Waals surface area (Å²) in [6, 6.07) is 10.0. The van der Waals surface area contributed by atoms with Gasteiger partial charge in [0.05, 0.1) is 12.2 Å². The Balaban J connectivity index is 0.000000694. The number of hydrogen-bond acceptors (Lipinski definition) is 4. The van der Waals surface area contributed by atoms with Gasteiger partial charge in [-0.2, -0.15) is 0 Å². The van der Waals surface area contributed by atoms with Crippen molar-refractivity contribution >= 4 is 23.9 Å². The zero-order valence-electron chi connectivity index (χ0n) is 16.0.